The maximum atomic E-state index is 11.9. The van der Waals surface area contributed by atoms with Crippen molar-refractivity contribution in [3.8, 4) is 0 Å². The number of aromatic nitrogens is 2. The van der Waals surface area contributed by atoms with E-state index in [2.05, 4.69) is 21.8 Å². The first-order valence-corrected chi connectivity index (χ1v) is 7.09. The van der Waals surface area contributed by atoms with Gasteiger partial charge in [-0.3, -0.25) is 5.10 Å². The van der Waals surface area contributed by atoms with Crippen LogP contribution in [0, 0.1) is 5.92 Å². The fourth-order valence-electron chi connectivity index (χ4n) is 2.14. The van der Waals surface area contributed by atoms with Crippen molar-refractivity contribution in [2.24, 2.45) is 5.92 Å². The largest absolute Gasteiger partial charge is 0.284 e. The number of nitrogens with one attached hydrogen (secondary N) is 2. The van der Waals surface area contributed by atoms with Gasteiger partial charge in [0.1, 0.15) is 4.90 Å². The Labute approximate surface area is 95.7 Å². The Hall–Kier alpha value is -0.880. The van der Waals surface area contributed by atoms with Crippen molar-refractivity contribution in [3.05, 3.63) is 12.4 Å². The molecule has 0 saturated heterocycles. The Bertz CT molecular complexity index is 427. The summed E-state index contributed by atoms with van der Waals surface area (Å²) in [5.41, 5.74) is 0. The van der Waals surface area contributed by atoms with Crippen LogP contribution in [0.15, 0.2) is 17.3 Å². The molecule has 0 bridgehead atoms. The Morgan fingerprint density at radius 2 is 2.19 bits per heavy atom. The molecule has 1 heterocycles. The molecule has 1 aliphatic carbocycles. The minimum atomic E-state index is -3.39. The van der Waals surface area contributed by atoms with Gasteiger partial charge in [0, 0.05) is 12.2 Å². The number of H-pyrrole nitrogens is 1. The summed E-state index contributed by atoms with van der Waals surface area (Å²) in [5.74, 6) is 0.412. The zero-order chi connectivity index (χ0) is 11.6. The van der Waals surface area contributed by atoms with E-state index >= 15 is 0 Å². The summed E-state index contributed by atoms with van der Waals surface area (Å²) in [6.45, 7) is 2.10. The first-order valence-electron chi connectivity index (χ1n) is 5.61. The zero-order valence-corrected chi connectivity index (χ0v) is 10.1. The van der Waals surface area contributed by atoms with Gasteiger partial charge in [-0.05, 0) is 18.8 Å². The highest BCUT2D eigenvalue weighted by molar-refractivity contribution is 7.89. The Kier molecular flexibility index (Phi) is 3.30. The van der Waals surface area contributed by atoms with Crippen molar-refractivity contribution < 1.29 is 8.42 Å². The zero-order valence-electron chi connectivity index (χ0n) is 9.31. The highest BCUT2D eigenvalue weighted by atomic mass is 32.2. The molecule has 16 heavy (non-hydrogen) atoms. The van der Waals surface area contributed by atoms with E-state index in [4.69, 9.17) is 0 Å². The van der Waals surface area contributed by atoms with Gasteiger partial charge in [-0.2, -0.15) is 5.10 Å². The minimum absolute atomic E-state index is 0.0636. The molecule has 1 fully saturated rings. The van der Waals surface area contributed by atoms with Crippen LogP contribution >= 0.6 is 0 Å². The van der Waals surface area contributed by atoms with E-state index in [9.17, 15) is 8.42 Å². The van der Waals surface area contributed by atoms with E-state index in [1.807, 2.05) is 0 Å². The lowest BCUT2D eigenvalue weighted by molar-refractivity contribution is 0.310. The minimum Gasteiger partial charge on any atom is -0.284 e. The second kappa shape index (κ2) is 4.55. The van der Waals surface area contributed by atoms with Crippen molar-refractivity contribution in [1.82, 2.24) is 14.9 Å². The summed E-state index contributed by atoms with van der Waals surface area (Å²) in [7, 11) is -3.39. The molecule has 2 atom stereocenters. The fourth-order valence-corrected chi connectivity index (χ4v) is 3.43. The third-order valence-corrected chi connectivity index (χ3v) is 4.66. The van der Waals surface area contributed by atoms with Crippen molar-refractivity contribution in [3.63, 3.8) is 0 Å². The summed E-state index contributed by atoms with van der Waals surface area (Å²) >= 11 is 0. The third-order valence-electron chi connectivity index (χ3n) is 3.20. The second-order valence-corrected chi connectivity index (χ2v) is 6.14. The van der Waals surface area contributed by atoms with Crippen LogP contribution in [0.1, 0.15) is 32.6 Å². The Morgan fingerprint density at radius 1 is 1.44 bits per heavy atom. The van der Waals surface area contributed by atoms with Crippen molar-refractivity contribution in [1.29, 1.82) is 0 Å². The molecule has 5 nitrogen and oxygen atoms in total. The van der Waals surface area contributed by atoms with E-state index < -0.39 is 10.0 Å². The molecular formula is C10H17N3O2S. The number of hydrogen-bond acceptors (Lipinski definition) is 3. The van der Waals surface area contributed by atoms with E-state index in [0.29, 0.717) is 5.92 Å². The van der Waals surface area contributed by atoms with Gasteiger partial charge in [0.25, 0.3) is 0 Å². The summed E-state index contributed by atoms with van der Waals surface area (Å²) in [4.78, 5) is 0.213. The molecule has 0 radical (unpaired) electrons. The molecule has 2 rings (SSSR count). The van der Waals surface area contributed by atoms with E-state index in [0.717, 1.165) is 19.3 Å². The standard InChI is InChI=1S/C10H17N3O2S/c1-8-4-2-3-5-10(8)13-16(14,15)9-6-11-12-7-9/h6-8,10,13H,2-5H2,1H3,(H,11,12). The van der Waals surface area contributed by atoms with E-state index in [1.54, 1.807) is 0 Å². The third kappa shape index (κ3) is 2.44. The lowest BCUT2D eigenvalue weighted by atomic mass is 9.87. The second-order valence-electron chi connectivity index (χ2n) is 4.42. The lowest BCUT2D eigenvalue weighted by Gasteiger charge is -2.28. The van der Waals surface area contributed by atoms with Gasteiger partial charge in [-0.1, -0.05) is 19.8 Å². The van der Waals surface area contributed by atoms with Crippen LogP contribution in [0.5, 0.6) is 0 Å². The maximum absolute atomic E-state index is 11.9. The van der Waals surface area contributed by atoms with Crippen LogP contribution < -0.4 is 4.72 Å². The van der Waals surface area contributed by atoms with Crippen LogP contribution in [0.4, 0.5) is 0 Å². The molecule has 1 aliphatic rings. The van der Waals surface area contributed by atoms with E-state index in [-0.39, 0.29) is 10.9 Å². The molecular weight excluding hydrogens is 226 g/mol. The van der Waals surface area contributed by atoms with E-state index in [1.165, 1.54) is 18.8 Å². The number of hydrogen-bond donors (Lipinski definition) is 2. The average Bonchev–Trinajstić information content (AvgIpc) is 2.75. The smallest absolute Gasteiger partial charge is 0.243 e. The van der Waals surface area contributed by atoms with Crippen molar-refractivity contribution in [2.45, 2.75) is 43.5 Å². The molecule has 2 N–H and O–H groups in total. The number of sulfonamides is 1. The topological polar surface area (TPSA) is 74.8 Å². The number of rotatable bonds is 3. The SMILES string of the molecule is CC1CCCCC1NS(=O)(=O)c1cn[nH]c1. The Balaban J connectivity index is 2.09. The summed E-state index contributed by atoms with van der Waals surface area (Å²) in [6.07, 6.45) is 7.05. The maximum Gasteiger partial charge on any atom is 0.243 e. The van der Waals surface area contributed by atoms with Crippen LogP contribution in [0.2, 0.25) is 0 Å². The predicted octanol–water partition coefficient (Wildman–Crippen LogP) is 1.27. The van der Waals surface area contributed by atoms with Gasteiger partial charge >= 0.3 is 0 Å². The molecule has 2 unspecified atom stereocenters. The molecule has 0 spiro atoms. The molecule has 0 aromatic carbocycles. The quantitative estimate of drug-likeness (QED) is 0.839. The van der Waals surface area contributed by atoms with Gasteiger partial charge < -0.3 is 0 Å². The Morgan fingerprint density at radius 3 is 2.81 bits per heavy atom. The molecule has 1 aromatic heterocycles. The first kappa shape index (κ1) is 11.6. The fraction of sp³-hybridized carbons (Fsp3) is 0.700. The van der Waals surface area contributed by atoms with Gasteiger partial charge in [0.15, 0.2) is 0 Å². The van der Waals surface area contributed by atoms with Gasteiger partial charge in [-0.25, -0.2) is 13.1 Å². The molecule has 0 amide bonds. The summed E-state index contributed by atoms with van der Waals surface area (Å²) in [6, 6.07) is 0.0636. The number of nitrogens with zero attached hydrogens (tertiary/aromatic N) is 1. The predicted molar refractivity (Wildman–Crippen MR) is 60.3 cm³/mol. The molecule has 1 aromatic rings. The van der Waals surface area contributed by atoms with Crippen LogP contribution in [0.3, 0.4) is 0 Å². The highest BCUT2D eigenvalue weighted by Gasteiger charge is 2.26. The van der Waals surface area contributed by atoms with Gasteiger partial charge in [0.05, 0.1) is 6.20 Å². The van der Waals surface area contributed by atoms with Crippen LogP contribution in [0.25, 0.3) is 0 Å². The van der Waals surface area contributed by atoms with Crippen molar-refractivity contribution >= 4 is 10.0 Å². The normalized spacial score (nSPS) is 26.8. The summed E-state index contributed by atoms with van der Waals surface area (Å²) in [5, 5.41) is 6.17. The van der Waals surface area contributed by atoms with Crippen LogP contribution in [-0.2, 0) is 10.0 Å². The highest BCUT2D eigenvalue weighted by Crippen LogP contribution is 2.25. The monoisotopic (exact) mass is 243 g/mol. The van der Waals surface area contributed by atoms with Crippen LogP contribution in [-0.4, -0.2) is 24.7 Å². The van der Waals surface area contributed by atoms with Crippen molar-refractivity contribution in [2.75, 3.05) is 0 Å². The molecule has 90 valence electrons. The van der Waals surface area contributed by atoms with Gasteiger partial charge in [0.2, 0.25) is 10.0 Å². The lowest BCUT2D eigenvalue weighted by Crippen LogP contribution is -2.40. The summed E-state index contributed by atoms with van der Waals surface area (Å²) < 4.78 is 26.6. The number of aromatic amines is 1. The van der Waals surface area contributed by atoms with Gasteiger partial charge in [-0.15, -0.1) is 0 Å². The average molecular weight is 243 g/mol. The molecule has 1 saturated carbocycles. The molecule has 6 heteroatoms. The first-order chi connectivity index (χ1) is 7.59. The molecule has 0 aliphatic heterocycles.